The van der Waals surface area contributed by atoms with Crippen LogP contribution in [-0.4, -0.2) is 61.3 Å². The summed E-state index contributed by atoms with van der Waals surface area (Å²) < 4.78 is 2.80. The van der Waals surface area contributed by atoms with Gasteiger partial charge in [0.15, 0.2) is 0 Å². The Bertz CT molecular complexity index is 345. The van der Waals surface area contributed by atoms with Crippen molar-refractivity contribution in [1.29, 1.82) is 0 Å². The first kappa shape index (κ1) is 41.4. The molecule has 0 rings (SSSR count). The van der Waals surface area contributed by atoms with Gasteiger partial charge in [-0.1, -0.05) is 92.9 Å². The zero-order valence-corrected chi connectivity index (χ0v) is 29.2. The van der Waals surface area contributed by atoms with Crippen LogP contribution in [0.25, 0.3) is 0 Å². The molecule has 0 unspecified atom stereocenters. The second-order valence-electron chi connectivity index (χ2n) is 11.7. The van der Waals surface area contributed by atoms with Crippen molar-refractivity contribution in [3.8, 4) is 0 Å². The summed E-state index contributed by atoms with van der Waals surface area (Å²) in [6.07, 6.45) is 25.7. The van der Waals surface area contributed by atoms with Crippen LogP contribution in [-0.2, 0) is 0 Å². The third-order valence-electron chi connectivity index (χ3n) is 8.20. The molecule has 0 saturated heterocycles. The molecule has 0 heterocycles. The number of unbranched alkanes of at least 4 members (excludes halogenated alkanes) is 11. The average Bonchev–Trinajstić information content (AvgIpc) is 2.80. The Morgan fingerprint density at radius 3 is 0.583 bits per heavy atom. The predicted molar refractivity (Wildman–Crippen MR) is 157 cm³/mol. The summed E-state index contributed by atoms with van der Waals surface area (Å²) in [6, 6.07) is 0. The van der Waals surface area contributed by atoms with E-state index >= 15 is 0 Å². The minimum Gasteiger partial charge on any atom is -1.00 e. The van der Waals surface area contributed by atoms with Crippen LogP contribution < -0.4 is 34.0 Å². The van der Waals surface area contributed by atoms with Crippen molar-refractivity contribution in [2.24, 2.45) is 0 Å². The Kier molecular flexibility index (Phi) is 33.2. The Labute approximate surface area is 251 Å². The highest BCUT2D eigenvalue weighted by atomic mass is 79.9. The number of quaternary nitrogens is 2. The van der Waals surface area contributed by atoms with Gasteiger partial charge in [0.2, 0.25) is 0 Å². The van der Waals surface area contributed by atoms with Crippen LogP contribution in [0.1, 0.15) is 157 Å². The van der Waals surface area contributed by atoms with Gasteiger partial charge in [-0.3, -0.25) is 0 Å². The van der Waals surface area contributed by atoms with Gasteiger partial charge in [0.1, 0.15) is 0 Å². The maximum atomic E-state index is 2.37. The van der Waals surface area contributed by atoms with Crippen molar-refractivity contribution in [2.75, 3.05) is 52.4 Å². The molecule has 0 bridgehead atoms. The van der Waals surface area contributed by atoms with Gasteiger partial charge in [0.05, 0.1) is 52.4 Å². The smallest absolute Gasteiger partial charge is 0.0786 e. The molecule has 36 heavy (non-hydrogen) atoms. The van der Waals surface area contributed by atoms with Crippen LogP contribution in [0.3, 0.4) is 0 Å². The molecule has 4 heteroatoms. The first-order chi connectivity index (χ1) is 16.6. The Hall–Kier alpha value is 0.880. The second kappa shape index (κ2) is 28.9. The number of halogens is 2. The van der Waals surface area contributed by atoms with Crippen molar-refractivity contribution in [3.05, 3.63) is 0 Å². The molecule has 0 aliphatic carbocycles. The standard InChI is InChI=1S/C32H70N2.2BrH/c1-7-25-33(26-8-2,27-9-3)31-23-21-19-17-15-13-14-16-18-20-22-24-32-34(28-10-4,29-11-5)30-12-6;;/h7-32H2,1-6H3;2*1H/q+2;;/p-2. The fraction of sp³-hybridized carbons (Fsp3) is 1.00. The maximum Gasteiger partial charge on any atom is 0.0786 e. The van der Waals surface area contributed by atoms with E-state index in [4.69, 9.17) is 0 Å². The van der Waals surface area contributed by atoms with Crippen LogP contribution in [0.5, 0.6) is 0 Å². The maximum absolute atomic E-state index is 2.37. The molecule has 0 atom stereocenters. The van der Waals surface area contributed by atoms with E-state index in [1.165, 1.54) is 177 Å². The van der Waals surface area contributed by atoms with Gasteiger partial charge in [-0.15, -0.1) is 0 Å². The number of hydrogen-bond donors (Lipinski definition) is 0. The van der Waals surface area contributed by atoms with Crippen molar-refractivity contribution in [1.82, 2.24) is 0 Å². The normalized spacial score (nSPS) is 11.8. The number of rotatable bonds is 27. The molecule has 0 saturated carbocycles. The van der Waals surface area contributed by atoms with Crippen molar-refractivity contribution < 1.29 is 42.9 Å². The predicted octanol–water partition coefficient (Wildman–Crippen LogP) is 3.77. The van der Waals surface area contributed by atoms with Gasteiger partial charge in [0, 0.05) is 0 Å². The monoisotopic (exact) mass is 640 g/mol. The fourth-order valence-corrected chi connectivity index (χ4v) is 6.85. The third-order valence-corrected chi connectivity index (χ3v) is 8.20. The van der Waals surface area contributed by atoms with E-state index in [-0.39, 0.29) is 34.0 Å². The lowest BCUT2D eigenvalue weighted by molar-refractivity contribution is -0.928. The highest BCUT2D eigenvalue weighted by Crippen LogP contribution is 2.18. The third kappa shape index (κ3) is 20.8. The lowest BCUT2D eigenvalue weighted by Crippen LogP contribution is -3.00. The van der Waals surface area contributed by atoms with Crippen LogP contribution in [0.4, 0.5) is 0 Å². The van der Waals surface area contributed by atoms with E-state index in [2.05, 4.69) is 41.5 Å². The van der Waals surface area contributed by atoms with Gasteiger partial charge in [-0.25, -0.2) is 0 Å². The molecule has 0 amide bonds. The van der Waals surface area contributed by atoms with Crippen molar-refractivity contribution in [2.45, 2.75) is 157 Å². The molecule has 0 N–H and O–H groups in total. The molecular weight excluding hydrogens is 572 g/mol. The van der Waals surface area contributed by atoms with Gasteiger partial charge >= 0.3 is 0 Å². The van der Waals surface area contributed by atoms with Gasteiger partial charge in [-0.05, 0) is 64.2 Å². The molecule has 0 fully saturated rings. The van der Waals surface area contributed by atoms with Crippen LogP contribution >= 0.6 is 0 Å². The minimum atomic E-state index is 0. The topological polar surface area (TPSA) is 0 Å². The van der Waals surface area contributed by atoms with E-state index in [0.717, 1.165) is 0 Å². The molecule has 0 spiro atoms. The SMILES string of the molecule is CCC[N+](CCC)(CCC)CCCCCCCCCCCCCC[N+](CCC)(CCC)CCC.[Br-].[Br-]. The highest BCUT2D eigenvalue weighted by Gasteiger charge is 2.24. The van der Waals surface area contributed by atoms with Crippen LogP contribution in [0.2, 0.25) is 0 Å². The zero-order valence-electron chi connectivity index (χ0n) is 26.0. The van der Waals surface area contributed by atoms with Gasteiger partial charge in [-0.2, -0.15) is 0 Å². The Morgan fingerprint density at radius 1 is 0.250 bits per heavy atom. The summed E-state index contributed by atoms with van der Waals surface area (Å²) in [4.78, 5) is 0. The molecule has 2 nitrogen and oxygen atoms in total. The molecule has 0 radical (unpaired) electrons. The molecule has 0 aromatic carbocycles. The van der Waals surface area contributed by atoms with E-state index in [1.807, 2.05) is 0 Å². The first-order valence-electron chi connectivity index (χ1n) is 16.3. The summed E-state index contributed by atoms with van der Waals surface area (Å²) in [5.74, 6) is 0. The molecule has 0 aliphatic heterocycles. The summed E-state index contributed by atoms with van der Waals surface area (Å²) in [7, 11) is 0. The van der Waals surface area contributed by atoms with Crippen molar-refractivity contribution >= 4 is 0 Å². The fourth-order valence-electron chi connectivity index (χ4n) is 6.85. The highest BCUT2D eigenvalue weighted by molar-refractivity contribution is 4.52. The summed E-state index contributed by atoms with van der Waals surface area (Å²) >= 11 is 0. The van der Waals surface area contributed by atoms with E-state index in [0.29, 0.717) is 0 Å². The van der Waals surface area contributed by atoms with Crippen LogP contribution in [0.15, 0.2) is 0 Å². The Balaban J connectivity index is -0.00000544. The average molecular weight is 643 g/mol. The summed E-state index contributed by atoms with van der Waals surface area (Å²) in [5.41, 5.74) is 0. The van der Waals surface area contributed by atoms with Crippen molar-refractivity contribution in [3.63, 3.8) is 0 Å². The lowest BCUT2D eigenvalue weighted by Gasteiger charge is -2.38. The first-order valence-corrected chi connectivity index (χ1v) is 16.3. The van der Waals surface area contributed by atoms with Gasteiger partial charge < -0.3 is 42.9 Å². The quantitative estimate of drug-likeness (QED) is 0.0947. The molecular formula is C32H70Br2N2. The number of hydrogen-bond acceptors (Lipinski definition) is 0. The lowest BCUT2D eigenvalue weighted by atomic mass is 10.0. The second-order valence-corrected chi connectivity index (χ2v) is 11.7. The van der Waals surface area contributed by atoms with E-state index in [1.54, 1.807) is 0 Å². The summed E-state index contributed by atoms with van der Waals surface area (Å²) in [5, 5.41) is 0. The Morgan fingerprint density at radius 2 is 0.417 bits per heavy atom. The van der Waals surface area contributed by atoms with Crippen LogP contribution in [0, 0.1) is 0 Å². The minimum absolute atomic E-state index is 0. The van der Waals surface area contributed by atoms with E-state index in [9.17, 15) is 0 Å². The summed E-state index contributed by atoms with van der Waals surface area (Å²) in [6.45, 7) is 25.5. The number of nitrogens with zero attached hydrogens (tertiary/aromatic N) is 2. The molecule has 0 aliphatic rings. The molecule has 222 valence electrons. The van der Waals surface area contributed by atoms with Gasteiger partial charge in [0.25, 0.3) is 0 Å². The zero-order chi connectivity index (χ0) is 25.4. The molecule has 0 aromatic rings. The van der Waals surface area contributed by atoms with E-state index < -0.39 is 0 Å². The molecule has 0 aromatic heterocycles. The largest absolute Gasteiger partial charge is 1.00 e.